The number of rotatable bonds is 0. The van der Waals surface area contributed by atoms with Crippen LogP contribution in [0.4, 0.5) is 5.69 Å². The second-order valence-electron chi connectivity index (χ2n) is 2.98. The fraction of sp³-hybridized carbons (Fsp3) is 0. The Morgan fingerprint density at radius 3 is 2.87 bits per heavy atom. The van der Waals surface area contributed by atoms with Crippen molar-refractivity contribution in [3.63, 3.8) is 0 Å². The molecular weight excluding hydrogens is 277 g/mol. The molecule has 2 N–H and O–H groups in total. The van der Waals surface area contributed by atoms with Crippen molar-refractivity contribution in [3.8, 4) is 6.07 Å². The van der Waals surface area contributed by atoms with Crippen molar-refractivity contribution in [1.82, 2.24) is 4.98 Å². The van der Waals surface area contributed by atoms with E-state index < -0.39 is 0 Å². The third-order valence-electron chi connectivity index (χ3n) is 2.05. The number of nitrogen functional groups attached to an aromatic ring is 1. The van der Waals surface area contributed by atoms with Crippen LogP contribution in [0.2, 0.25) is 5.02 Å². The van der Waals surface area contributed by atoms with Crippen LogP contribution in [-0.4, -0.2) is 4.98 Å². The van der Waals surface area contributed by atoms with Gasteiger partial charge in [-0.15, -0.1) is 0 Å². The lowest BCUT2D eigenvalue weighted by molar-refractivity contribution is 1.37. The molecule has 1 heterocycles. The van der Waals surface area contributed by atoms with Crippen molar-refractivity contribution < 1.29 is 0 Å². The number of pyridine rings is 1. The predicted molar refractivity (Wildman–Crippen MR) is 63.6 cm³/mol. The van der Waals surface area contributed by atoms with Crippen LogP contribution in [0.3, 0.4) is 0 Å². The van der Waals surface area contributed by atoms with E-state index in [4.69, 9.17) is 22.6 Å². The first-order valence-corrected chi connectivity index (χ1v) is 5.24. The second-order valence-corrected chi connectivity index (χ2v) is 4.27. The minimum absolute atomic E-state index is 0.358. The molecule has 0 unspecified atom stereocenters. The summed E-state index contributed by atoms with van der Waals surface area (Å²) >= 11 is 9.24. The summed E-state index contributed by atoms with van der Waals surface area (Å²) in [6.45, 7) is 0. The van der Waals surface area contributed by atoms with Crippen molar-refractivity contribution in [2.24, 2.45) is 0 Å². The van der Waals surface area contributed by atoms with Crippen LogP contribution in [-0.2, 0) is 0 Å². The molecule has 2 aromatic rings. The summed E-state index contributed by atoms with van der Waals surface area (Å²) in [5.41, 5.74) is 7.30. The molecule has 0 atom stereocenters. The van der Waals surface area contributed by atoms with Crippen molar-refractivity contribution in [2.45, 2.75) is 0 Å². The van der Waals surface area contributed by atoms with Crippen molar-refractivity contribution in [1.29, 1.82) is 5.26 Å². The zero-order valence-electron chi connectivity index (χ0n) is 7.46. The molecule has 0 aliphatic rings. The van der Waals surface area contributed by atoms with E-state index >= 15 is 0 Å². The largest absolute Gasteiger partial charge is 0.397 e. The van der Waals surface area contributed by atoms with E-state index in [1.807, 2.05) is 6.07 Å². The first kappa shape index (κ1) is 10.2. The normalized spacial score (nSPS) is 10.2. The van der Waals surface area contributed by atoms with Gasteiger partial charge in [0.1, 0.15) is 6.07 Å². The molecule has 5 heteroatoms. The molecular formula is C10H5BrClN3. The highest BCUT2D eigenvalue weighted by Crippen LogP contribution is 2.31. The minimum atomic E-state index is 0.358. The summed E-state index contributed by atoms with van der Waals surface area (Å²) in [4.78, 5) is 4.15. The van der Waals surface area contributed by atoms with E-state index in [2.05, 4.69) is 20.9 Å². The average Bonchev–Trinajstić information content (AvgIpc) is 2.19. The van der Waals surface area contributed by atoms with Gasteiger partial charge in [-0.1, -0.05) is 11.6 Å². The number of nitrogens with two attached hydrogens (primary N) is 1. The number of hydrogen-bond donors (Lipinski definition) is 1. The molecule has 0 aliphatic carbocycles. The second kappa shape index (κ2) is 3.69. The third-order valence-corrected chi connectivity index (χ3v) is 2.87. The smallest absolute Gasteiger partial charge is 0.103 e. The maximum Gasteiger partial charge on any atom is 0.103 e. The quantitative estimate of drug-likeness (QED) is 0.807. The number of hydrogen-bond acceptors (Lipinski definition) is 3. The highest BCUT2D eigenvalue weighted by atomic mass is 79.9. The van der Waals surface area contributed by atoms with Gasteiger partial charge in [-0.25, -0.2) is 0 Å². The Labute approximate surface area is 99.6 Å². The number of anilines is 1. The SMILES string of the molecule is N#Cc1cnc2c(Br)cc(Cl)cc2c1N. The van der Waals surface area contributed by atoms with E-state index in [0.29, 0.717) is 27.2 Å². The molecule has 0 bridgehead atoms. The Kier molecular flexibility index (Phi) is 2.51. The van der Waals surface area contributed by atoms with Gasteiger partial charge in [-0.2, -0.15) is 5.26 Å². The maximum absolute atomic E-state index is 8.80. The van der Waals surface area contributed by atoms with Gasteiger partial charge in [-0.3, -0.25) is 4.98 Å². The Balaban J connectivity index is 2.94. The summed E-state index contributed by atoms with van der Waals surface area (Å²) in [7, 11) is 0. The number of nitriles is 1. The lowest BCUT2D eigenvalue weighted by Gasteiger charge is -2.05. The number of fused-ring (bicyclic) bond motifs is 1. The standard InChI is InChI=1S/C10H5BrClN3/c11-8-2-6(12)1-7-9(14)5(3-13)4-15-10(7)8/h1-2,4H,(H2,14,15). The van der Waals surface area contributed by atoms with Crippen LogP contribution in [0.5, 0.6) is 0 Å². The molecule has 1 aromatic heterocycles. The molecule has 0 saturated heterocycles. The zero-order chi connectivity index (χ0) is 11.0. The summed E-state index contributed by atoms with van der Waals surface area (Å²) < 4.78 is 0.765. The lowest BCUT2D eigenvalue weighted by Crippen LogP contribution is -1.94. The lowest BCUT2D eigenvalue weighted by atomic mass is 10.1. The zero-order valence-corrected chi connectivity index (χ0v) is 9.80. The molecule has 0 spiro atoms. The summed E-state index contributed by atoms with van der Waals surface area (Å²) in [6, 6.07) is 5.42. The summed E-state index contributed by atoms with van der Waals surface area (Å²) in [5, 5.41) is 10.0. The minimum Gasteiger partial charge on any atom is -0.397 e. The average molecular weight is 283 g/mol. The summed E-state index contributed by atoms with van der Waals surface area (Å²) in [6.07, 6.45) is 1.45. The van der Waals surface area contributed by atoms with Crippen molar-refractivity contribution in [2.75, 3.05) is 5.73 Å². The van der Waals surface area contributed by atoms with Gasteiger partial charge >= 0.3 is 0 Å². The Morgan fingerprint density at radius 1 is 1.47 bits per heavy atom. The van der Waals surface area contributed by atoms with Gasteiger partial charge in [0.2, 0.25) is 0 Å². The van der Waals surface area contributed by atoms with Crippen LogP contribution < -0.4 is 5.73 Å². The van der Waals surface area contributed by atoms with Crippen LogP contribution >= 0.6 is 27.5 Å². The number of nitrogens with zero attached hydrogens (tertiary/aromatic N) is 2. The molecule has 15 heavy (non-hydrogen) atoms. The number of benzene rings is 1. The van der Waals surface area contributed by atoms with Gasteiger partial charge in [0, 0.05) is 21.1 Å². The molecule has 0 fully saturated rings. The first-order valence-electron chi connectivity index (χ1n) is 4.07. The Hall–Kier alpha value is -1.31. The molecule has 0 amide bonds. The Bertz CT molecular complexity index is 589. The highest BCUT2D eigenvalue weighted by Gasteiger charge is 2.08. The number of aromatic nitrogens is 1. The molecule has 3 nitrogen and oxygen atoms in total. The van der Waals surface area contributed by atoms with Gasteiger partial charge < -0.3 is 5.73 Å². The first-order chi connectivity index (χ1) is 7.13. The van der Waals surface area contributed by atoms with Crippen molar-refractivity contribution in [3.05, 3.63) is 33.4 Å². The van der Waals surface area contributed by atoms with E-state index in [0.717, 1.165) is 4.47 Å². The fourth-order valence-corrected chi connectivity index (χ4v) is 2.25. The topological polar surface area (TPSA) is 62.7 Å². The van der Waals surface area contributed by atoms with Gasteiger partial charge in [-0.05, 0) is 28.1 Å². The molecule has 1 aromatic carbocycles. The molecule has 74 valence electrons. The molecule has 0 saturated carbocycles. The molecule has 0 radical (unpaired) electrons. The maximum atomic E-state index is 8.80. The van der Waals surface area contributed by atoms with E-state index in [9.17, 15) is 0 Å². The summed E-state index contributed by atoms with van der Waals surface area (Å²) in [5.74, 6) is 0. The fourth-order valence-electron chi connectivity index (χ4n) is 1.34. The monoisotopic (exact) mass is 281 g/mol. The molecule has 2 rings (SSSR count). The highest BCUT2D eigenvalue weighted by molar-refractivity contribution is 9.10. The van der Waals surface area contributed by atoms with Crippen molar-refractivity contribution >= 4 is 44.1 Å². The van der Waals surface area contributed by atoms with E-state index in [-0.39, 0.29) is 0 Å². The van der Waals surface area contributed by atoms with E-state index in [1.54, 1.807) is 12.1 Å². The predicted octanol–water partition coefficient (Wildman–Crippen LogP) is 3.10. The number of halogens is 2. The van der Waals surface area contributed by atoms with Crippen LogP contribution in [0, 0.1) is 11.3 Å². The van der Waals surface area contributed by atoms with Gasteiger partial charge in [0.05, 0.1) is 16.8 Å². The van der Waals surface area contributed by atoms with Crippen LogP contribution in [0.25, 0.3) is 10.9 Å². The van der Waals surface area contributed by atoms with Gasteiger partial charge in [0.25, 0.3) is 0 Å². The van der Waals surface area contributed by atoms with E-state index in [1.165, 1.54) is 6.20 Å². The molecule has 0 aliphatic heterocycles. The third kappa shape index (κ3) is 1.65. The van der Waals surface area contributed by atoms with Gasteiger partial charge in [0.15, 0.2) is 0 Å². The Morgan fingerprint density at radius 2 is 2.20 bits per heavy atom. The van der Waals surface area contributed by atoms with Crippen LogP contribution in [0.1, 0.15) is 5.56 Å². The van der Waals surface area contributed by atoms with Crippen LogP contribution in [0.15, 0.2) is 22.8 Å².